The predicted octanol–water partition coefficient (Wildman–Crippen LogP) is 3.08. The summed E-state index contributed by atoms with van der Waals surface area (Å²) in [4.78, 5) is 8.82. The van der Waals surface area contributed by atoms with Gasteiger partial charge in [-0.25, -0.2) is 18.5 Å². The van der Waals surface area contributed by atoms with Crippen LogP contribution >= 0.6 is 0 Å². The molecule has 0 spiro atoms. The van der Waals surface area contributed by atoms with Gasteiger partial charge in [0.1, 0.15) is 5.82 Å². The molecule has 1 heterocycles. The first-order valence-electron chi connectivity index (χ1n) is 8.98. The monoisotopic (exact) mass is 397 g/mol. The standard InChI is InChI=1S/C20H23N5O2S/c1-2-15-3-7-17(8-4-15)24-20-23-14-12-19(25-20)22-13-11-16-5-9-18(10-6-16)28(21,26)27/h3-10,12,14H,2,11,13H2,1H3,(H2,21,26,27)(H2,22,23,24,25). The Hall–Kier alpha value is -2.97. The molecule has 0 fully saturated rings. The van der Waals surface area contributed by atoms with E-state index in [-0.39, 0.29) is 4.90 Å². The molecule has 0 radical (unpaired) electrons. The second-order valence-electron chi connectivity index (χ2n) is 6.31. The number of nitrogens with one attached hydrogen (secondary N) is 2. The van der Waals surface area contributed by atoms with Crippen LogP contribution in [0.25, 0.3) is 0 Å². The van der Waals surface area contributed by atoms with Crippen molar-refractivity contribution in [1.82, 2.24) is 9.97 Å². The van der Waals surface area contributed by atoms with Crippen molar-refractivity contribution in [1.29, 1.82) is 0 Å². The summed E-state index contributed by atoms with van der Waals surface area (Å²) in [6.07, 6.45) is 3.41. The molecule has 28 heavy (non-hydrogen) atoms. The van der Waals surface area contributed by atoms with Crippen molar-refractivity contribution in [3.8, 4) is 0 Å². The quantitative estimate of drug-likeness (QED) is 0.539. The SMILES string of the molecule is CCc1ccc(Nc2nccc(NCCc3ccc(S(N)(=O)=O)cc3)n2)cc1. The van der Waals surface area contributed by atoms with Crippen molar-refractivity contribution in [2.45, 2.75) is 24.7 Å². The molecule has 0 unspecified atom stereocenters. The number of primary sulfonamides is 1. The third-order valence-electron chi connectivity index (χ3n) is 4.25. The first kappa shape index (κ1) is 19.8. The van der Waals surface area contributed by atoms with Gasteiger partial charge in [0.15, 0.2) is 0 Å². The van der Waals surface area contributed by atoms with Gasteiger partial charge in [0.2, 0.25) is 16.0 Å². The number of nitrogens with zero attached hydrogens (tertiary/aromatic N) is 2. The first-order valence-corrected chi connectivity index (χ1v) is 10.5. The lowest BCUT2D eigenvalue weighted by atomic mass is 10.1. The highest BCUT2D eigenvalue weighted by molar-refractivity contribution is 7.89. The fraction of sp³-hybridized carbons (Fsp3) is 0.200. The van der Waals surface area contributed by atoms with Crippen LogP contribution in [0.1, 0.15) is 18.1 Å². The number of rotatable bonds is 8. The molecule has 3 rings (SSSR count). The average molecular weight is 398 g/mol. The molecule has 0 saturated heterocycles. The molecule has 0 aliphatic carbocycles. The van der Waals surface area contributed by atoms with E-state index in [9.17, 15) is 8.42 Å². The Bertz CT molecular complexity index is 1020. The van der Waals surface area contributed by atoms with Crippen molar-refractivity contribution in [2.24, 2.45) is 5.14 Å². The minimum absolute atomic E-state index is 0.114. The predicted molar refractivity (Wildman–Crippen MR) is 111 cm³/mol. The van der Waals surface area contributed by atoms with Crippen LogP contribution < -0.4 is 15.8 Å². The Morgan fingerprint density at radius 1 is 0.964 bits per heavy atom. The average Bonchev–Trinajstić information content (AvgIpc) is 2.69. The number of anilines is 3. The third-order valence-corrected chi connectivity index (χ3v) is 5.17. The van der Waals surface area contributed by atoms with Gasteiger partial charge in [-0.1, -0.05) is 31.2 Å². The zero-order chi connectivity index (χ0) is 20.0. The number of hydrogen-bond donors (Lipinski definition) is 3. The Morgan fingerprint density at radius 2 is 1.64 bits per heavy atom. The van der Waals surface area contributed by atoms with Crippen molar-refractivity contribution in [2.75, 3.05) is 17.2 Å². The summed E-state index contributed by atoms with van der Waals surface area (Å²) in [6.45, 7) is 2.77. The molecule has 2 aromatic carbocycles. The minimum atomic E-state index is -3.66. The van der Waals surface area contributed by atoms with E-state index in [4.69, 9.17) is 5.14 Å². The summed E-state index contributed by atoms with van der Waals surface area (Å²) in [5.74, 6) is 1.23. The van der Waals surface area contributed by atoms with Gasteiger partial charge in [0.05, 0.1) is 4.90 Å². The summed E-state index contributed by atoms with van der Waals surface area (Å²) < 4.78 is 22.6. The minimum Gasteiger partial charge on any atom is -0.370 e. The van der Waals surface area contributed by atoms with Crippen LogP contribution in [0.3, 0.4) is 0 Å². The van der Waals surface area contributed by atoms with E-state index >= 15 is 0 Å². The Balaban J connectivity index is 1.55. The van der Waals surface area contributed by atoms with Gasteiger partial charge in [0.25, 0.3) is 0 Å². The zero-order valence-electron chi connectivity index (χ0n) is 15.6. The summed E-state index contributed by atoms with van der Waals surface area (Å²) >= 11 is 0. The van der Waals surface area contributed by atoms with Crippen LogP contribution in [-0.4, -0.2) is 24.9 Å². The molecule has 146 valence electrons. The maximum absolute atomic E-state index is 11.3. The van der Waals surface area contributed by atoms with Crippen LogP contribution in [0.15, 0.2) is 65.7 Å². The second-order valence-corrected chi connectivity index (χ2v) is 7.87. The largest absolute Gasteiger partial charge is 0.370 e. The number of hydrogen-bond acceptors (Lipinski definition) is 6. The highest BCUT2D eigenvalue weighted by Gasteiger charge is 2.06. The molecular weight excluding hydrogens is 374 g/mol. The Kier molecular flexibility index (Phi) is 6.23. The Labute approximate surface area is 165 Å². The van der Waals surface area contributed by atoms with E-state index in [0.29, 0.717) is 18.3 Å². The van der Waals surface area contributed by atoms with Gasteiger partial charge < -0.3 is 10.6 Å². The summed E-state index contributed by atoms with van der Waals surface area (Å²) in [6, 6.07) is 16.5. The summed E-state index contributed by atoms with van der Waals surface area (Å²) in [5.41, 5.74) is 3.21. The topological polar surface area (TPSA) is 110 Å². The first-order chi connectivity index (χ1) is 13.4. The van der Waals surface area contributed by atoms with E-state index in [0.717, 1.165) is 24.1 Å². The van der Waals surface area contributed by atoms with Gasteiger partial charge in [0, 0.05) is 18.4 Å². The van der Waals surface area contributed by atoms with Crippen molar-refractivity contribution >= 4 is 27.5 Å². The fourth-order valence-corrected chi connectivity index (χ4v) is 3.17. The fourth-order valence-electron chi connectivity index (χ4n) is 2.65. The van der Waals surface area contributed by atoms with Gasteiger partial charge in [-0.2, -0.15) is 4.98 Å². The molecule has 0 atom stereocenters. The van der Waals surface area contributed by atoms with Gasteiger partial charge >= 0.3 is 0 Å². The third kappa shape index (κ3) is 5.51. The molecular formula is C20H23N5O2S. The Morgan fingerprint density at radius 3 is 2.29 bits per heavy atom. The molecule has 3 aromatic rings. The van der Waals surface area contributed by atoms with Crippen LogP contribution in [0.5, 0.6) is 0 Å². The van der Waals surface area contributed by atoms with Crippen molar-refractivity contribution in [3.05, 3.63) is 71.9 Å². The number of nitrogens with two attached hydrogens (primary N) is 1. The second kappa shape index (κ2) is 8.81. The van der Waals surface area contributed by atoms with Crippen LogP contribution in [0.4, 0.5) is 17.5 Å². The molecule has 0 aliphatic heterocycles. The lowest BCUT2D eigenvalue weighted by Gasteiger charge is -2.09. The zero-order valence-corrected chi connectivity index (χ0v) is 16.4. The maximum atomic E-state index is 11.3. The molecule has 4 N–H and O–H groups in total. The van der Waals surface area contributed by atoms with Crippen LogP contribution in [0, 0.1) is 0 Å². The molecule has 0 bridgehead atoms. The normalized spacial score (nSPS) is 11.2. The molecule has 7 nitrogen and oxygen atoms in total. The smallest absolute Gasteiger partial charge is 0.238 e. The van der Waals surface area contributed by atoms with E-state index < -0.39 is 10.0 Å². The lowest BCUT2D eigenvalue weighted by Crippen LogP contribution is -2.12. The van der Waals surface area contributed by atoms with E-state index in [2.05, 4.69) is 39.7 Å². The summed E-state index contributed by atoms with van der Waals surface area (Å²) in [5, 5.41) is 11.5. The van der Waals surface area contributed by atoms with Gasteiger partial charge in [-0.05, 0) is 54.3 Å². The van der Waals surface area contributed by atoms with Gasteiger partial charge in [-0.3, -0.25) is 0 Å². The number of sulfonamides is 1. The maximum Gasteiger partial charge on any atom is 0.238 e. The van der Waals surface area contributed by atoms with Crippen LogP contribution in [0.2, 0.25) is 0 Å². The van der Waals surface area contributed by atoms with E-state index in [1.165, 1.54) is 17.7 Å². The number of aryl methyl sites for hydroxylation is 1. The summed E-state index contributed by atoms with van der Waals surface area (Å²) in [7, 11) is -3.66. The van der Waals surface area contributed by atoms with E-state index in [1.807, 2.05) is 12.1 Å². The molecule has 1 aromatic heterocycles. The molecule has 0 aliphatic rings. The molecule has 0 saturated carbocycles. The number of aromatic nitrogens is 2. The molecule has 8 heteroatoms. The number of benzene rings is 2. The van der Waals surface area contributed by atoms with Gasteiger partial charge in [-0.15, -0.1) is 0 Å². The van der Waals surface area contributed by atoms with Crippen molar-refractivity contribution in [3.63, 3.8) is 0 Å². The highest BCUT2D eigenvalue weighted by Crippen LogP contribution is 2.15. The van der Waals surface area contributed by atoms with E-state index in [1.54, 1.807) is 24.4 Å². The lowest BCUT2D eigenvalue weighted by molar-refractivity contribution is 0.598. The highest BCUT2D eigenvalue weighted by atomic mass is 32.2. The van der Waals surface area contributed by atoms with Crippen molar-refractivity contribution < 1.29 is 8.42 Å². The van der Waals surface area contributed by atoms with Crippen LogP contribution in [-0.2, 0) is 22.9 Å². The molecule has 0 amide bonds.